The lowest BCUT2D eigenvalue weighted by Crippen LogP contribution is -1.87. The van der Waals surface area contributed by atoms with Crippen LogP contribution in [0.3, 0.4) is 0 Å². The summed E-state index contributed by atoms with van der Waals surface area (Å²) >= 11 is 3.49. The van der Waals surface area contributed by atoms with Crippen LogP contribution in [0.2, 0.25) is 0 Å². The van der Waals surface area contributed by atoms with Gasteiger partial charge in [-0.2, -0.15) is 5.10 Å². The van der Waals surface area contributed by atoms with Crippen molar-refractivity contribution in [2.75, 3.05) is 0 Å². The van der Waals surface area contributed by atoms with Crippen LogP contribution in [0.25, 0.3) is 10.9 Å². The third-order valence-electron chi connectivity index (χ3n) is 2.78. The molecule has 72 valence electrons. The number of hydrogen-bond donors (Lipinski definition) is 1. The van der Waals surface area contributed by atoms with Crippen molar-refractivity contribution in [1.29, 1.82) is 0 Å². The van der Waals surface area contributed by atoms with Crippen LogP contribution in [-0.2, 0) is 6.42 Å². The van der Waals surface area contributed by atoms with Gasteiger partial charge in [0.15, 0.2) is 0 Å². The Hall–Kier alpha value is -0.830. The van der Waals surface area contributed by atoms with Crippen LogP contribution in [0.1, 0.15) is 18.5 Å². The topological polar surface area (TPSA) is 28.7 Å². The average molecular weight is 251 g/mol. The standard InChI is InChI=1S/C11H11BrN2/c12-8-3-4-10-9(6-8)11(14-13-10)5-7-1-2-7/h3-4,6-7H,1-2,5H2,(H,13,14). The van der Waals surface area contributed by atoms with Crippen molar-refractivity contribution >= 4 is 26.8 Å². The minimum absolute atomic E-state index is 0.901. The Morgan fingerprint density at radius 2 is 2.29 bits per heavy atom. The van der Waals surface area contributed by atoms with Gasteiger partial charge in [0, 0.05) is 15.6 Å². The predicted octanol–water partition coefficient (Wildman–Crippen LogP) is 3.28. The summed E-state index contributed by atoms with van der Waals surface area (Å²) in [4.78, 5) is 0. The first-order valence-electron chi connectivity index (χ1n) is 4.95. The molecule has 1 aromatic carbocycles. The Bertz CT molecular complexity index is 471. The third-order valence-corrected chi connectivity index (χ3v) is 3.28. The molecule has 1 aliphatic rings. The molecule has 1 N–H and O–H groups in total. The number of aromatic amines is 1. The molecule has 1 aliphatic carbocycles. The van der Waals surface area contributed by atoms with Crippen molar-refractivity contribution in [2.24, 2.45) is 5.92 Å². The molecule has 0 saturated heterocycles. The molecule has 2 nitrogen and oxygen atoms in total. The number of benzene rings is 1. The zero-order valence-corrected chi connectivity index (χ0v) is 9.34. The van der Waals surface area contributed by atoms with E-state index in [1.807, 2.05) is 12.1 Å². The Kier molecular flexibility index (Phi) is 1.87. The first-order valence-corrected chi connectivity index (χ1v) is 5.75. The van der Waals surface area contributed by atoms with Crippen molar-refractivity contribution in [1.82, 2.24) is 10.2 Å². The highest BCUT2D eigenvalue weighted by Gasteiger charge is 2.23. The second kappa shape index (κ2) is 3.09. The summed E-state index contributed by atoms with van der Waals surface area (Å²) in [7, 11) is 0. The van der Waals surface area contributed by atoms with Gasteiger partial charge < -0.3 is 0 Å². The van der Waals surface area contributed by atoms with E-state index in [9.17, 15) is 0 Å². The van der Waals surface area contributed by atoms with Gasteiger partial charge >= 0.3 is 0 Å². The fourth-order valence-electron chi connectivity index (χ4n) is 1.80. The molecule has 0 aliphatic heterocycles. The SMILES string of the molecule is Brc1ccc2n[nH]c(CC3CC3)c2c1. The Balaban J connectivity index is 2.08. The lowest BCUT2D eigenvalue weighted by molar-refractivity contribution is 0.801. The molecule has 1 saturated carbocycles. The zero-order valence-electron chi connectivity index (χ0n) is 7.76. The van der Waals surface area contributed by atoms with E-state index in [1.54, 1.807) is 0 Å². The van der Waals surface area contributed by atoms with Crippen LogP contribution in [0.4, 0.5) is 0 Å². The van der Waals surface area contributed by atoms with Gasteiger partial charge in [-0.15, -0.1) is 0 Å². The fraction of sp³-hybridized carbons (Fsp3) is 0.364. The highest BCUT2D eigenvalue weighted by atomic mass is 79.9. The van der Waals surface area contributed by atoms with E-state index in [-0.39, 0.29) is 0 Å². The molecule has 0 atom stereocenters. The van der Waals surface area contributed by atoms with Crippen LogP contribution in [0.15, 0.2) is 22.7 Å². The summed E-state index contributed by atoms with van der Waals surface area (Å²) in [6, 6.07) is 6.23. The maximum absolute atomic E-state index is 4.29. The molecule has 0 amide bonds. The van der Waals surface area contributed by atoms with Gasteiger partial charge in [0.25, 0.3) is 0 Å². The summed E-state index contributed by atoms with van der Waals surface area (Å²) < 4.78 is 1.13. The number of rotatable bonds is 2. The van der Waals surface area contributed by atoms with Crippen LogP contribution in [-0.4, -0.2) is 10.2 Å². The number of hydrogen-bond acceptors (Lipinski definition) is 1. The van der Waals surface area contributed by atoms with Crippen molar-refractivity contribution in [2.45, 2.75) is 19.3 Å². The predicted molar refractivity (Wildman–Crippen MR) is 60.2 cm³/mol. The van der Waals surface area contributed by atoms with Gasteiger partial charge in [-0.3, -0.25) is 5.10 Å². The summed E-state index contributed by atoms with van der Waals surface area (Å²) in [6.45, 7) is 0. The first-order chi connectivity index (χ1) is 6.83. The molecule has 2 aromatic rings. The Labute approximate surface area is 90.8 Å². The second-order valence-corrected chi connectivity index (χ2v) is 4.93. The number of H-pyrrole nitrogens is 1. The van der Waals surface area contributed by atoms with Gasteiger partial charge in [-0.25, -0.2) is 0 Å². The quantitative estimate of drug-likeness (QED) is 0.871. The fourth-order valence-corrected chi connectivity index (χ4v) is 2.16. The van der Waals surface area contributed by atoms with Crippen LogP contribution in [0.5, 0.6) is 0 Å². The number of aromatic nitrogens is 2. The normalized spacial score (nSPS) is 16.4. The monoisotopic (exact) mass is 250 g/mol. The van der Waals surface area contributed by atoms with Crippen molar-refractivity contribution < 1.29 is 0 Å². The largest absolute Gasteiger partial charge is 0.281 e. The Morgan fingerprint density at radius 1 is 1.43 bits per heavy atom. The molecule has 3 heteroatoms. The maximum Gasteiger partial charge on any atom is 0.0924 e. The average Bonchev–Trinajstić information content (AvgIpc) is 2.90. The minimum Gasteiger partial charge on any atom is -0.281 e. The van der Waals surface area contributed by atoms with Crippen LogP contribution < -0.4 is 0 Å². The van der Waals surface area contributed by atoms with Crippen molar-refractivity contribution in [3.8, 4) is 0 Å². The first kappa shape index (κ1) is 8.48. The molecular weight excluding hydrogens is 240 g/mol. The van der Waals surface area contributed by atoms with Gasteiger partial charge in [-0.1, -0.05) is 15.9 Å². The minimum atomic E-state index is 0.901. The van der Waals surface area contributed by atoms with Crippen molar-refractivity contribution in [3.63, 3.8) is 0 Å². The Morgan fingerprint density at radius 3 is 3.07 bits per heavy atom. The molecule has 1 aromatic heterocycles. The van der Waals surface area contributed by atoms with Gasteiger partial charge in [0.1, 0.15) is 0 Å². The van der Waals surface area contributed by atoms with E-state index >= 15 is 0 Å². The van der Waals surface area contributed by atoms with Crippen molar-refractivity contribution in [3.05, 3.63) is 28.4 Å². The molecule has 0 unspecified atom stereocenters. The number of nitrogens with one attached hydrogen (secondary N) is 1. The molecule has 0 spiro atoms. The molecular formula is C11H11BrN2. The number of nitrogens with zero attached hydrogens (tertiary/aromatic N) is 1. The summed E-state index contributed by atoms with van der Waals surface area (Å²) in [6.07, 6.45) is 3.93. The van der Waals surface area contributed by atoms with Gasteiger partial charge in [0.2, 0.25) is 0 Å². The summed E-state index contributed by atoms with van der Waals surface area (Å²) in [5.74, 6) is 0.901. The maximum atomic E-state index is 4.29. The van der Waals surface area contributed by atoms with Crippen LogP contribution in [0, 0.1) is 5.92 Å². The smallest absolute Gasteiger partial charge is 0.0924 e. The lowest BCUT2D eigenvalue weighted by Gasteiger charge is -1.95. The van der Waals surface area contributed by atoms with Gasteiger partial charge in [0.05, 0.1) is 5.52 Å². The van der Waals surface area contributed by atoms with E-state index in [2.05, 4.69) is 32.2 Å². The van der Waals surface area contributed by atoms with E-state index in [0.29, 0.717) is 0 Å². The van der Waals surface area contributed by atoms with Crippen LogP contribution >= 0.6 is 15.9 Å². The van der Waals surface area contributed by atoms with E-state index in [4.69, 9.17) is 0 Å². The number of fused-ring (bicyclic) bond motifs is 1. The van der Waals surface area contributed by atoms with E-state index in [0.717, 1.165) is 22.3 Å². The molecule has 0 radical (unpaired) electrons. The lowest BCUT2D eigenvalue weighted by atomic mass is 10.1. The zero-order chi connectivity index (χ0) is 9.54. The highest BCUT2D eigenvalue weighted by Crippen LogP contribution is 2.34. The molecule has 3 rings (SSSR count). The highest BCUT2D eigenvalue weighted by molar-refractivity contribution is 9.10. The molecule has 1 fully saturated rings. The summed E-state index contributed by atoms with van der Waals surface area (Å²) in [5.41, 5.74) is 2.37. The summed E-state index contributed by atoms with van der Waals surface area (Å²) in [5, 5.41) is 8.71. The third kappa shape index (κ3) is 1.46. The number of halogens is 1. The van der Waals surface area contributed by atoms with E-state index in [1.165, 1.54) is 23.9 Å². The van der Waals surface area contributed by atoms with E-state index < -0.39 is 0 Å². The van der Waals surface area contributed by atoms with Gasteiger partial charge in [-0.05, 0) is 43.4 Å². The molecule has 14 heavy (non-hydrogen) atoms. The molecule has 0 bridgehead atoms. The second-order valence-electron chi connectivity index (χ2n) is 4.01. The molecule has 1 heterocycles.